The molecule has 0 aliphatic carbocycles. The van der Waals surface area contributed by atoms with Crippen molar-refractivity contribution in [2.45, 2.75) is 26.7 Å². The molecule has 23 heavy (non-hydrogen) atoms. The number of nitrogens with one attached hydrogen (secondary N) is 1. The molecule has 4 nitrogen and oxygen atoms in total. The lowest BCUT2D eigenvalue weighted by Gasteiger charge is -2.13. The second kappa shape index (κ2) is 7.09. The van der Waals surface area contributed by atoms with Gasteiger partial charge in [-0.05, 0) is 42.2 Å². The molecule has 0 heterocycles. The summed E-state index contributed by atoms with van der Waals surface area (Å²) in [4.78, 5) is 24.3. The Bertz CT molecular complexity index is 718. The van der Waals surface area contributed by atoms with Gasteiger partial charge in [0.05, 0.1) is 18.4 Å². The normalized spacial score (nSPS) is 10.5. The van der Waals surface area contributed by atoms with Crippen molar-refractivity contribution in [2.75, 3.05) is 12.4 Å². The zero-order valence-electron chi connectivity index (χ0n) is 13.8. The number of aryl methyl sites for hydroxylation is 1. The number of carbonyl (C=O) groups excluding carboxylic acids is 2. The Hall–Kier alpha value is -2.62. The molecule has 0 saturated carbocycles. The van der Waals surface area contributed by atoms with Gasteiger partial charge in [-0.3, -0.25) is 4.79 Å². The number of carbonyl (C=O) groups is 2. The first kappa shape index (κ1) is 16.7. The Morgan fingerprint density at radius 2 is 1.70 bits per heavy atom. The molecule has 1 N–H and O–H groups in total. The zero-order chi connectivity index (χ0) is 17.0. The fourth-order valence-corrected chi connectivity index (χ4v) is 2.32. The van der Waals surface area contributed by atoms with Crippen LogP contribution in [0.2, 0.25) is 0 Å². The van der Waals surface area contributed by atoms with Crippen LogP contribution in [0.3, 0.4) is 0 Å². The highest BCUT2D eigenvalue weighted by Crippen LogP contribution is 2.22. The van der Waals surface area contributed by atoms with Crippen LogP contribution in [-0.2, 0) is 4.74 Å². The second-order valence-electron chi connectivity index (χ2n) is 5.72. The molecule has 4 heteroatoms. The summed E-state index contributed by atoms with van der Waals surface area (Å²) in [5.74, 6) is -0.312. The molecule has 0 fully saturated rings. The predicted molar refractivity (Wildman–Crippen MR) is 91.0 cm³/mol. The molecular weight excluding hydrogens is 290 g/mol. The van der Waals surface area contributed by atoms with Crippen molar-refractivity contribution in [3.63, 3.8) is 0 Å². The number of amides is 1. The van der Waals surface area contributed by atoms with Gasteiger partial charge in [0.25, 0.3) is 5.91 Å². The number of benzene rings is 2. The van der Waals surface area contributed by atoms with E-state index >= 15 is 0 Å². The van der Waals surface area contributed by atoms with Gasteiger partial charge in [-0.2, -0.15) is 0 Å². The van der Waals surface area contributed by atoms with Crippen molar-refractivity contribution in [1.82, 2.24) is 0 Å². The fraction of sp³-hybridized carbons (Fsp3) is 0.263. The molecule has 0 saturated heterocycles. The molecule has 0 aliphatic rings. The Kier molecular flexibility index (Phi) is 5.16. The van der Waals surface area contributed by atoms with Gasteiger partial charge in [0.1, 0.15) is 0 Å². The van der Waals surface area contributed by atoms with E-state index in [1.165, 1.54) is 12.7 Å². The number of esters is 1. The Morgan fingerprint density at radius 3 is 2.26 bits per heavy atom. The van der Waals surface area contributed by atoms with Crippen LogP contribution in [0.25, 0.3) is 0 Å². The van der Waals surface area contributed by atoms with Gasteiger partial charge in [-0.1, -0.05) is 38.1 Å². The molecule has 0 aliphatic heterocycles. The van der Waals surface area contributed by atoms with E-state index in [1.807, 2.05) is 25.1 Å². The van der Waals surface area contributed by atoms with Crippen LogP contribution in [0.1, 0.15) is 51.6 Å². The van der Waals surface area contributed by atoms with Crippen LogP contribution < -0.4 is 5.32 Å². The van der Waals surface area contributed by atoms with Crippen molar-refractivity contribution in [3.05, 3.63) is 64.7 Å². The van der Waals surface area contributed by atoms with Crippen molar-refractivity contribution >= 4 is 17.6 Å². The van der Waals surface area contributed by atoms with Crippen LogP contribution in [0, 0.1) is 6.92 Å². The van der Waals surface area contributed by atoms with Gasteiger partial charge in [0.2, 0.25) is 0 Å². The van der Waals surface area contributed by atoms with Crippen LogP contribution >= 0.6 is 0 Å². The molecule has 2 rings (SSSR count). The maximum absolute atomic E-state index is 12.4. The Labute approximate surface area is 136 Å². The van der Waals surface area contributed by atoms with E-state index in [9.17, 15) is 9.59 Å². The molecule has 2 aromatic rings. The number of para-hydroxylation sites is 1. The highest BCUT2D eigenvalue weighted by atomic mass is 16.5. The average molecular weight is 311 g/mol. The van der Waals surface area contributed by atoms with Crippen molar-refractivity contribution < 1.29 is 14.3 Å². The molecule has 0 radical (unpaired) electrons. The standard InChI is InChI=1S/C19H21NO3/c1-12(2)14-8-10-15(11-9-14)18(21)20-17-13(3)6-5-7-16(17)19(22)23-4/h5-12H,1-4H3,(H,20,21). The van der Waals surface area contributed by atoms with Gasteiger partial charge in [0.15, 0.2) is 0 Å². The SMILES string of the molecule is COC(=O)c1cccc(C)c1NC(=O)c1ccc(C(C)C)cc1. The quantitative estimate of drug-likeness (QED) is 0.863. The lowest BCUT2D eigenvalue weighted by molar-refractivity contribution is 0.0602. The van der Waals surface area contributed by atoms with Gasteiger partial charge in [-0.25, -0.2) is 4.79 Å². The number of hydrogen-bond donors (Lipinski definition) is 1. The second-order valence-corrected chi connectivity index (χ2v) is 5.72. The molecule has 120 valence electrons. The van der Waals surface area contributed by atoms with Gasteiger partial charge in [0, 0.05) is 5.56 Å². The summed E-state index contributed by atoms with van der Waals surface area (Å²) in [6.07, 6.45) is 0. The first-order chi connectivity index (χ1) is 10.9. The summed E-state index contributed by atoms with van der Waals surface area (Å²) in [5, 5.41) is 2.82. The van der Waals surface area contributed by atoms with E-state index in [0.717, 1.165) is 5.56 Å². The molecule has 0 aromatic heterocycles. The summed E-state index contributed by atoms with van der Waals surface area (Å²) in [5.41, 5.74) is 3.36. The van der Waals surface area contributed by atoms with Crippen LogP contribution in [0.4, 0.5) is 5.69 Å². The lowest BCUT2D eigenvalue weighted by atomic mass is 10.0. The summed E-state index contributed by atoms with van der Waals surface area (Å²) < 4.78 is 4.77. The fourth-order valence-electron chi connectivity index (χ4n) is 2.32. The Morgan fingerprint density at radius 1 is 1.04 bits per heavy atom. The third-order valence-corrected chi connectivity index (χ3v) is 3.76. The largest absolute Gasteiger partial charge is 0.465 e. The molecule has 0 bridgehead atoms. The topological polar surface area (TPSA) is 55.4 Å². The van der Waals surface area contributed by atoms with E-state index < -0.39 is 5.97 Å². The van der Waals surface area contributed by atoms with E-state index in [0.29, 0.717) is 22.7 Å². The van der Waals surface area contributed by atoms with Crippen molar-refractivity contribution in [3.8, 4) is 0 Å². The van der Waals surface area contributed by atoms with Gasteiger partial charge < -0.3 is 10.1 Å². The summed E-state index contributed by atoms with van der Waals surface area (Å²) in [6, 6.07) is 12.7. The first-order valence-electron chi connectivity index (χ1n) is 7.53. The summed E-state index contributed by atoms with van der Waals surface area (Å²) in [7, 11) is 1.32. The van der Waals surface area contributed by atoms with Crippen molar-refractivity contribution in [1.29, 1.82) is 0 Å². The summed E-state index contributed by atoms with van der Waals surface area (Å²) in [6.45, 7) is 6.04. The zero-order valence-corrected chi connectivity index (χ0v) is 13.8. The summed E-state index contributed by atoms with van der Waals surface area (Å²) >= 11 is 0. The average Bonchev–Trinajstić information content (AvgIpc) is 2.55. The molecule has 2 aromatic carbocycles. The van der Waals surface area contributed by atoms with Gasteiger partial charge in [-0.15, -0.1) is 0 Å². The lowest BCUT2D eigenvalue weighted by Crippen LogP contribution is -2.16. The van der Waals surface area contributed by atoms with E-state index in [1.54, 1.807) is 24.3 Å². The number of hydrogen-bond acceptors (Lipinski definition) is 3. The smallest absolute Gasteiger partial charge is 0.339 e. The molecule has 0 atom stereocenters. The third-order valence-electron chi connectivity index (χ3n) is 3.76. The van der Waals surface area contributed by atoms with E-state index in [4.69, 9.17) is 4.74 Å². The van der Waals surface area contributed by atoms with E-state index in [-0.39, 0.29) is 5.91 Å². The van der Waals surface area contributed by atoms with E-state index in [2.05, 4.69) is 19.2 Å². The number of ether oxygens (including phenoxy) is 1. The first-order valence-corrected chi connectivity index (χ1v) is 7.53. The maximum Gasteiger partial charge on any atom is 0.339 e. The minimum Gasteiger partial charge on any atom is -0.465 e. The van der Waals surface area contributed by atoms with Crippen molar-refractivity contribution in [2.24, 2.45) is 0 Å². The monoisotopic (exact) mass is 311 g/mol. The minimum atomic E-state index is -0.473. The third kappa shape index (κ3) is 3.77. The predicted octanol–water partition coefficient (Wildman–Crippen LogP) is 4.16. The van der Waals surface area contributed by atoms with Gasteiger partial charge >= 0.3 is 5.97 Å². The number of methoxy groups -OCH3 is 1. The maximum atomic E-state index is 12.4. The minimum absolute atomic E-state index is 0.250. The molecule has 1 amide bonds. The highest BCUT2D eigenvalue weighted by Gasteiger charge is 2.16. The molecule has 0 unspecified atom stereocenters. The highest BCUT2D eigenvalue weighted by molar-refractivity contribution is 6.08. The number of rotatable bonds is 4. The van der Waals surface area contributed by atoms with Crippen LogP contribution in [-0.4, -0.2) is 19.0 Å². The van der Waals surface area contributed by atoms with Crippen LogP contribution in [0.5, 0.6) is 0 Å². The molecular formula is C19H21NO3. The Balaban J connectivity index is 2.28. The number of anilines is 1. The van der Waals surface area contributed by atoms with Crippen LogP contribution in [0.15, 0.2) is 42.5 Å². The molecule has 0 spiro atoms.